The van der Waals surface area contributed by atoms with E-state index in [1.54, 1.807) is 12.1 Å². The Balaban J connectivity index is 1.96. The van der Waals surface area contributed by atoms with Crippen LogP contribution in [0.25, 0.3) is 0 Å². The van der Waals surface area contributed by atoms with Gasteiger partial charge in [-0.2, -0.15) is 0 Å². The Hall–Kier alpha value is -2.44. The number of halogens is 1. The number of hydrogen-bond donors (Lipinski definition) is 1. The van der Waals surface area contributed by atoms with Gasteiger partial charge in [0.2, 0.25) is 5.91 Å². The molecule has 0 atom stereocenters. The van der Waals surface area contributed by atoms with Gasteiger partial charge in [-0.3, -0.25) is 14.4 Å². The summed E-state index contributed by atoms with van der Waals surface area (Å²) in [6, 6.07) is 5.87. The molecule has 6 nitrogen and oxygen atoms in total. The summed E-state index contributed by atoms with van der Waals surface area (Å²) in [4.78, 5) is 38.3. The van der Waals surface area contributed by atoms with E-state index in [-0.39, 0.29) is 18.3 Å². The molecule has 1 fully saturated rings. The van der Waals surface area contributed by atoms with Gasteiger partial charge in [0.1, 0.15) is 5.82 Å². The van der Waals surface area contributed by atoms with Gasteiger partial charge < -0.3 is 15.0 Å². The third kappa shape index (κ3) is 5.53. The number of nitrogens with zero attached hydrogens (tertiary/aromatic N) is 1. The van der Waals surface area contributed by atoms with E-state index in [1.807, 2.05) is 20.8 Å². The third-order valence-electron chi connectivity index (χ3n) is 4.89. The second-order valence-corrected chi connectivity index (χ2v) is 8.42. The van der Waals surface area contributed by atoms with Crippen LogP contribution >= 0.6 is 0 Å². The molecule has 2 rings (SSSR count). The summed E-state index contributed by atoms with van der Waals surface area (Å²) in [6.07, 6.45) is 2.95. The van der Waals surface area contributed by atoms with Crippen molar-refractivity contribution < 1.29 is 23.5 Å². The van der Waals surface area contributed by atoms with Crippen LogP contribution in [0.1, 0.15) is 52.0 Å². The Labute approximate surface area is 165 Å². The van der Waals surface area contributed by atoms with Crippen LogP contribution in [-0.4, -0.2) is 48.4 Å². The molecule has 0 aliphatic heterocycles. The van der Waals surface area contributed by atoms with Crippen molar-refractivity contribution in [3.63, 3.8) is 0 Å². The number of rotatable bonds is 6. The van der Waals surface area contributed by atoms with Gasteiger partial charge in [-0.25, -0.2) is 4.39 Å². The molecule has 154 valence electrons. The van der Waals surface area contributed by atoms with E-state index >= 15 is 0 Å². The van der Waals surface area contributed by atoms with Crippen LogP contribution < -0.4 is 5.32 Å². The Morgan fingerprint density at radius 1 is 1.14 bits per heavy atom. The first-order chi connectivity index (χ1) is 13.0. The highest BCUT2D eigenvalue weighted by atomic mass is 19.1. The molecule has 2 amide bonds. The predicted molar refractivity (Wildman–Crippen MR) is 103 cm³/mol. The number of carbonyl (C=O) groups excluding carboxylic acids is 3. The van der Waals surface area contributed by atoms with E-state index in [4.69, 9.17) is 4.74 Å². The Bertz CT molecular complexity index is 719. The second-order valence-electron chi connectivity index (χ2n) is 8.42. The van der Waals surface area contributed by atoms with Crippen molar-refractivity contribution in [2.45, 2.75) is 57.4 Å². The molecule has 0 unspecified atom stereocenters. The molecule has 0 bridgehead atoms. The fourth-order valence-corrected chi connectivity index (χ4v) is 3.50. The van der Waals surface area contributed by atoms with Gasteiger partial charge in [-0.1, -0.05) is 25.0 Å². The van der Waals surface area contributed by atoms with Crippen LogP contribution in [0, 0.1) is 5.82 Å². The number of benzene rings is 1. The SMILES string of the molecule is CN(CC(=O)NC(C)(C)C)C(=O)COC(=O)C1(c2ccc(F)cc2)CCCC1. The summed E-state index contributed by atoms with van der Waals surface area (Å²) >= 11 is 0. The van der Waals surface area contributed by atoms with Gasteiger partial charge >= 0.3 is 5.97 Å². The first kappa shape index (κ1) is 21.9. The first-order valence-corrected chi connectivity index (χ1v) is 9.52. The molecule has 0 aromatic heterocycles. The molecule has 28 heavy (non-hydrogen) atoms. The Morgan fingerprint density at radius 3 is 2.25 bits per heavy atom. The molecule has 1 aromatic carbocycles. The maximum Gasteiger partial charge on any atom is 0.317 e. The van der Waals surface area contributed by atoms with Gasteiger partial charge in [-0.15, -0.1) is 0 Å². The minimum Gasteiger partial charge on any atom is -0.455 e. The van der Waals surface area contributed by atoms with Crippen LogP contribution in [0.3, 0.4) is 0 Å². The zero-order valence-electron chi connectivity index (χ0n) is 17.0. The quantitative estimate of drug-likeness (QED) is 0.755. The maximum absolute atomic E-state index is 13.3. The van der Waals surface area contributed by atoms with E-state index in [0.717, 1.165) is 12.8 Å². The maximum atomic E-state index is 13.3. The monoisotopic (exact) mass is 392 g/mol. The lowest BCUT2D eigenvalue weighted by Crippen LogP contribution is -2.47. The van der Waals surface area contributed by atoms with Crippen molar-refractivity contribution in [1.29, 1.82) is 0 Å². The lowest BCUT2D eigenvalue weighted by molar-refractivity contribution is -0.157. The van der Waals surface area contributed by atoms with Crippen LogP contribution in [0.4, 0.5) is 4.39 Å². The second kappa shape index (κ2) is 8.71. The van der Waals surface area contributed by atoms with Crippen LogP contribution in [0.15, 0.2) is 24.3 Å². The number of ether oxygens (including phenoxy) is 1. The van der Waals surface area contributed by atoms with Crippen molar-refractivity contribution in [3.05, 3.63) is 35.6 Å². The fraction of sp³-hybridized carbons (Fsp3) is 0.571. The topological polar surface area (TPSA) is 75.7 Å². The molecule has 1 saturated carbocycles. The summed E-state index contributed by atoms with van der Waals surface area (Å²) in [6.45, 7) is 5.01. The van der Waals surface area contributed by atoms with Gasteiger partial charge in [-0.05, 0) is 51.3 Å². The highest BCUT2D eigenvalue weighted by molar-refractivity contribution is 5.88. The molecule has 1 aliphatic rings. The van der Waals surface area contributed by atoms with E-state index in [1.165, 1.54) is 24.1 Å². The van der Waals surface area contributed by atoms with Gasteiger partial charge in [0, 0.05) is 12.6 Å². The number of hydrogen-bond acceptors (Lipinski definition) is 4. The zero-order valence-corrected chi connectivity index (χ0v) is 17.0. The minimum absolute atomic E-state index is 0.114. The van der Waals surface area contributed by atoms with Crippen molar-refractivity contribution in [2.75, 3.05) is 20.2 Å². The minimum atomic E-state index is -0.837. The number of likely N-dealkylation sites (N-methyl/N-ethyl adjacent to an activating group) is 1. The number of esters is 1. The first-order valence-electron chi connectivity index (χ1n) is 9.52. The lowest BCUT2D eigenvalue weighted by atomic mass is 9.79. The van der Waals surface area contributed by atoms with E-state index in [9.17, 15) is 18.8 Å². The Morgan fingerprint density at radius 2 is 1.71 bits per heavy atom. The summed E-state index contributed by atoms with van der Waals surface area (Å²) < 4.78 is 18.6. The van der Waals surface area contributed by atoms with Crippen molar-refractivity contribution in [3.8, 4) is 0 Å². The fourth-order valence-electron chi connectivity index (χ4n) is 3.50. The van der Waals surface area contributed by atoms with E-state index in [2.05, 4.69) is 5.32 Å². The molecule has 7 heteroatoms. The van der Waals surface area contributed by atoms with Crippen molar-refractivity contribution in [1.82, 2.24) is 10.2 Å². The molecule has 0 heterocycles. The lowest BCUT2D eigenvalue weighted by Gasteiger charge is -2.28. The molecule has 0 saturated heterocycles. The summed E-state index contributed by atoms with van der Waals surface area (Å²) in [7, 11) is 1.49. The van der Waals surface area contributed by atoms with Crippen molar-refractivity contribution in [2.24, 2.45) is 0 Å². The van der Waals surface area contributed by atoms with E-state index < -0.39 is 29.4 Å². The zero-order chi connectivity index (χ0) is 20.9. The summed E-state index contributed by atoms with van der Waals surface area (Å²) in [5, 5.41) is 2.78. The van der Waals surface area contributed by atoms with Gasteiger partial charge in [0.15, 0.2) is 6.61 Å². The van der Waals surface area contributed by atoms with Crippen LogP contribution in [0.2, 0.25) is 0 Å². The highest BCUT2D eigenvalue weighted by Gasteiger charge is 2.44. The highest BCUT2D eigenvalue weighted by Crippen LogP contribution is 2.42. The molecule has 1 N–H and O–H groups in total. The molecule has 0 radical (unpaired) electrons. The third-order valence-corrected chi connectivity index (χ3v) is 4.89. The molecule has 0 spiro atoms. The van der Waals surface area contributed by atoms with Crippen LogP contribution in [-0.2, 0) is 24.5 Å². The number of amides is 2. The van der Waals surface area contributed by atoms with Gasteiger partial charge in [0.25, 0.3) is 5.91 Å². The average molecular weight is 392 g/mol. The standard InChI is InChI=1S/C21H29FN2O4/c1-20(2,3)23-17(25)13-24(4)18(26)14-28-19(27)21(11-5-6-12-21)15-7-9-16(22)10-8-15/h7-10H,5-6,11-14H2,1-4H3,(H,23,25). The largest absolute Gasteiger partial charge is 0.455 e. The molecule has 1 aromatic rings. The average Bonchev–Trinajstić information content (AvgIpc) is 3.09. The summed E-state index contributed by atoms with van der Waals surface area (Å²) in [5.74, 6) is -1.58. The van der Waals surface area contributed by atoms with E-state index in [0.29, 0.717) is 18.4 Å². The molecular formula is C21H29FN2O4. The molecular weight excluding hydrogens is 363 g/mol. The van der Waals surface area contributed by atoms with Gasteiger partial charge in [0.05, 0.1) is 12.0 Å². The normalized spacial score (nSPS) is 15.8. The number of carbonyl (C=O) groups is 3. The number of nitrogens with one attached hydrogen (secondary N) is 1. The van der Waals surface area contributed by atoms with Crippen molar-refractivity contribution >= 4 is 17.8 Å². The van der Waals surface area contributed by atoms with Crippen LogP contribution in [0.5, 0.6) is 0 Å². The Kier molecular flexibility index (Phi) is 6.80. The smallest absolute Gasteiger partial charge is 0.317 e. The molecule has 1 aliphatic carbocycles. The summed E-state index contributed by atoms with van der Waals surface area (Å²) in [5.41, 5.74) is -0.519. The predicted octanol–water partition coefficient (Wildman–Crippen LogP) is 2.55.